The van der Waals surface area contributed by atoms with E-state index in [1.54, 1.807) is 35.4 Å². The van der Waals surface area contributed by atoms with Crippen molar-refractivity contribution < 1.29 is 9.59 Å². The van der Waals surface area contributed by atoms with Crippen LogP contribution in [0.3, 0.4) is 0 Å². The van der Waals surface area contributed by atoms with Crippen LogP contribution in [0.2, 0.25) is 0 Å². The zero-order valence-electron chi connectivity index (χ0n) is 12.6. The molecular weight excluding hydrogens is 294 g/mol. The number of carbonyl (C=O) groups excluding carboxylic acids is 2. The lowest BCUT2D eigenvalue weighted by atomic mass is 10.1. The van der Waals surface area contributed by atoms with E-state index >= 15 is 0 Å². The highest BCUT2D eigenvalue weighted by Crippen LogP contribution is 2.14. The molecule has 1 saturated heterocycles. The predicted octanol–water partition coefficient (Wildman–Crippen LogP) is 0.538. The minimum atomic E-state index is -0.535. The van der Waals surface area contributed by atoms with E-state index in [0.717, 1.165) is 5.82 Å². The minimum absolute atomic E-state index is 0.0908. The van der Waals surface area contributed by atoms with E-state index in [1.807, 2.05) is 12.1 Å². The van der Waals surface area contributed by atoms with Gasteiger partial charge >= 0.3 is 0 Å². The number of carbonyl (C=O) groups is 2. The lowest BCUT2D eigenvalue weighted by molar-refractivity contribution is 0.0746. The SMILES string of the molecule is NC(=O)c1cccc(C(=O)N2CCN(c3cccnn3)CC2)c1. The fraction of sp³-hybridized carbons (Fsp3) is 0.250. The fourth-order valence-electron chi connectivity index (χ4n) is 2.59. The monoisotopic (exact) mass is 311 g/mol. The number of amides is 2. The fourth-order valence-corrected chi connectivity index (χ4v) is 2.59. The summed E-state index contributed by atoms with van der Waals surface area (Å²) in [5.41, 5.74) is 6.08. The van der Waals surface area contributed by atoms with Crippen molar-refractivity contribution >= 4 is 17.6 Å². The van der Waals surface area contributed by atoms with Crippen molar-refractivity contribution in [3.8, 4) is 0 Å². The standard InChI is InChI=1S/C16H17N5O2/c17-15(22)12-3-1-4-13(11-12)16(23)21-9-7-20(8-10-21)14-5-2-6-18-19-14/h1-6,11H,7-10H2,(H2,17,22). The number of rotatable bonds is 3. The lowest BCUT2D eigenvalue weighted by Gasteiger charge is -2.35. The molecule has 7 heteroatoms. The van der Waals surface area contributed by atoms with Crippen LogP contribution in [-0.4, -0.2) is 53.1 Å². The Morgan fingerprint density at radius 3 is 2.39 bits per heavy atom. The molecule has 0 radical (unpaired) electrons. The molecule has 1 aromatic carbocycles. The van der Waals surface area contributed by atoms with Gasteiger partial charge in [-0.05, 0) is 30.3 Å². The summed E-state index contributed by atoms with van der Waals surface area (Å²) < 4.78 is 0. The van der Waals surface area contributed by atoms with E-state index in [9.17, 15) is 9.59 Å². The number of primary amides is 1. The van der Waals surface area contributed by atoms with Crippen molar-refractivity contribution in [1.82, 2.24) is 15.1 Å². The number of nitrogens with zero attached hydrogens (tertiary/aromatic N) is 4. The summed E-state index contributed by atoms with van der Waals surface area (Å²) in [5.74, 6) is 0.189. The Labute approximate surface area is 133 Å². The summed E-state index contributed by atoms with van der Waals surface area (Å²) in [5, 5.41) is 7.95. The number of anilines is 1. The van der Waals surface area contributed by atoms with E-state index in [1.165, 1.54) is 0 Å². The van der Waals surface area contributed by atoms with E-state index in [2.05, 4.69) is 15.1 Å². The molecule has 0 bridgehead atoms. The molecule has 1 aliphatic heterocycles. The third-order valence-electron chi connectivity index (χ3n) is 3.84. The van der Waals surface area contributed by atoms with Gasteiger partial charge in [0.1, 0.15) is 0 Å². The van der Waals surface area contributed by atoms with Gasteiger partial charge in [-0.15, -0.1) is 5.10 Å². The zero-order chi connectivity index (χ0) is 16.2. The van der Waals surface area contributed by atoms with Crippen molar-refractivity contribution in [2.75, 3.05) is 31.1 Å². The normalized spacial score (nSPS) is 14.6. The minimum Gasteiger partial charge on any atom is -0.366 e. The van der Waals surface area contributed by atoms with Crippen LogP contribution in [0, 0.1) is 0 Å². The van der Waals surface area contributed by atoms with Crippen molar-refractivity contribution in [3.05, 3.63) is 53.7 Å². The highest BCUT2D eigenvalue weighted by Gasteiger charge is 2.23. The predicted molar refractivity (Wildman–Crippen MR) is 85.1 cm³/mol. The lowest BCUT2D eigenvalue weighted by Crippen LogP contribution is -2.49. The third kappa shape index (κ3) is 3.28. The van der Waals surface area contributed by atoms with E-state index in [-0.39, 0.29) is 5.91 Å². The van der Waals surface area contributed by atoms with Gasteiger partial charge in [0, 0.05) is 43.5 Å². The molecule has 1 fully saturated rings. The molecule has 2 heterocycles. The molecular formula is C16H17N5O2. The summed E-state index contributed by atoms with van der Waals surface area (Å²) in [7, 11) is 0. The molecule has 1 aromatic heterocycles. The summed E-state index contributed by atoms with van der Waals surface area (Å²) in [6, 6.07) is 10.3. The Hall–Kier alpha value is -2.96. The van der Waals surface area contributed by atoms with Gasteiger partial charge in [0.05, 0.1) is 0 Å². The Balaban J connectivity index is 1.66. The van der Waals surface area contributed by atoms with Gasteiger partial charge in [0.2, 0.25) is 5.91 Å². The van der Waals surface area contributed by atoms with Crippen LogP contribution in [0.4, 0.5) is 5.82 Å². The van der Waals surface area contributed by atoms with E-state index < -0.39 is 5.91 Å². The number of hydrogen-bond acceptors (Lipinski definition) is 5. The van der Waals surface area contributed by atoms with Crippen LogP contribution in [0.15, 0.2) is 42.6 Å². The van der Waals surface area contributed by atoms with Gasteiger partial charge in [-0.2, -0.15) is 5.10 Å². The smallest absolute Gasteiger partial charge is 0.253 e. The maximum Gasteiger partial charge on any atom is 0.253 e. The van der Waals surface area contributed by atoms with Gasteiger partial charge in [0.15, 0.2) is 5.82 Å². The summed E-state index contributed by atoms with van der Waals surface area (Å²) >= 11 is 0. The second-order valence-electron chi connectivity index (χ2n) is 5.31. The largest absolute Gasteiger partial charge is 0.366 e. The number of benzene rings is 1. The van der Waals surface area contributed by atoms with Crippen LogP contribution in [-0.2, 0) is 0 Å². The van der Waals surface area contributed by atoms with Crippen molar-refractivity contribution in [2.24, 2.45) is 5.73 Å². The van der Waals surface area contributed by atoms with Crippen LogP contribution >= 0.6 is 0 Å². The van der Waals surface area contributed by atoms with Gasteiger partial charge in [0.25, 0.3) is 5.91 Å². The maximum absolute atomic E-state index is 12.5. The van der Waals surface area contributed by atoms with Crippen LogP contribution < -0.4 is 10.6 Å². The first-order valence-corrected chi connectivity index (χ1v) is 7.37. The maximum atomic E-state index is 12.5. The molecule has 3 rings (SSSR count). The first kappa shape index (κ1) is 15.0. The third-order valence-corrected chi connectivity index (χ3v) is 3.84. The molecule has 1 aliphatic rings. The molecule has 0 atom stereocenters. The molecule has 2 aromatic rings. The van der Waals surface area contributed by atoms with Crippen molar-refractivity contribution in [1.29, 1.82) is 0 Å². The van der Waals surface area contributed by atoms with Gasteiger partial charge < -0.3 is 15.5 Å². The molecule has 23 heavy (non-hydrogen) atoms. The highest BCUT2D eigenvalue weighted by atomic mass is 16.2. The molecule has 7 nitrogen and oxygen atoms in total. The van der Waals surface area contributed by atoms with E-state index in [0.29, 0.717) is 37.3 Å². The second kappa shape index (κ2) is 6.43. The van der Waals surface area contributed by atoms with Crippen LogP contribution in [0.5, 0.6) is 0 Å². The summed E-state index contributed by atoms with van der Waals surface area (Å²) in [4.78, 5) is 27.6. The topological polar surface area (TPSA) is 92.4 Å². The summed E-state index contributed by atoms with van der Waals surface area (Å²) in [6.07, 6.45) is 1.63. The van der Waals surface area contributed by atoms with Crippen molar-refractivity contribution in [3.63, 3.8) is 0 Å². The zero-order valence-corrected chi connectivity index (χ0v) is 12.6. The number of hydrogen-bond donors (Lipinski definition) is 1. The Bertz CT molecular complexity index is 711. The average Bonchev–Trinajstić information content (AvgIpc) is 2.62. The van der Waals surface area contributed by atoms with E-state index in [4.69, 9.17) is 5.73 Å². The average molecular weight is 311 g/mol. The second-order valence-corrected chi connectivity index (χ2v) is 5.31. The Morgan fingerprint density at radius 1 is 1.00 bits per heavy atom. The molecule has 2 N–H and O–H groups in total. The quantitative estimate of drug-likeness (QED) is 0.893. The molecule has 0 aliphatic carbocycles. The van der Waals surface area contributed by atoms with Crippen molar-refractivity contribution in [2.45, 2.75) is 0 Å². The number of aromatic nitrogens is 2. The molecule has 0 unspecified atom stereocenters. The Kier molecular flexibility index (Phi) is 4.18. The summed E-state index contributed by atoms with van der Waals surface area (Å²) in [6.45, 7) is 2.58. The number of piperazine rings is 1. The number of nitrogens with two attached hydrogens (primary N) is 1. The van der Waals surface area contributed by atoms with Crippen LogP contribution in [0.1, 0.15) is 20.7 Å². The van der Waals surface area contributed by atoms with Gasteiger partial charge in [-0.1, -0.05) is 6.07 Å². The Morgan fingerprint density at radius 2 is 1.74 bits per heavy atom. The van der Waals surface area contributed by atoms with Gasteiger partial charge in [-0.3, -0.25) is 9.59 Å². The molecule has 0 spiro atoms. The van der Waals surface area contributed by atoms with Gasteiger partial charge in [-0.25, -0.2) is 0 Å². The highest BCUT2D eigenvalue weighted by molar-refractivity contribution is 5.99. The first-order valence-electron chi connectivity index (χ1n) is 7.37. The molecule has 2 amide bonds. The first-order chi connectivity index (χ1) is 11.1. The molecule has 118 valence electrons. The van der Waals surface area contributed by atoms with Crippen LogP contribution in [0.25, 0.3) is 0 Å². The molecule has 0 saturated carbocycles.